The third kappa shape index (κ3) is 9.96. The molecule has 3 rings (SSSR count). The molecule has 0 saturated heterocycles. The van der Waals surface area contributed by atoms with Gasteiger partial charge >= 0.3 is 0 Å². The van der Waals surface area contributed by atoms with Crippen molar-refractivity contribution in [2.24, 2.45) is 12.8 Å². The number of anilines is 1. The number of rotatable bonds is 16. The van der Waals surface area contributed by atoms with Gasteiger partial charge in [-0.25, -0.2) is 9.25 Å². The van der Waals surface area contributed by atoms with Gasteiger partial charge in [0.15, 0.2) is 12.4 Å². The van der Waals surface area contributed by atoms with Crippen LogP contribution < -0.4 is 15.2 Å². The second-order valence-corrected chi connectivity index (χ2v) is 8.18. The summed E-state index contributed by atoms with van der Waals surface area (Å²) in [5, 5.41) is 8.27. The first kappa shape index (κ1) is 26.5. The molecule has 0 fully saturated rings. The van der Waals surface area contributed by atoms with Crippen molar-refractivity contribution >= 4 is 17.8 Å². The molecule has 9 heteroatoms. The molecule has 0 radical (unpaired) electrons. The minimum atomic E-state index is 0.433. The number of hydrogen-bond donors (Lipinski definition) is 1. The number of aryl methyl sites for hydroxylation is 1. The Morgan fingerprint density at radius 2 is 1.60 bits per heavy atom. The molecule has 9 nitrogen and oxygen atoms in total. The van der Waals surface area contributed by atoms with Crippen LogP contribution >= 0.6 is 0 Å². The van der Waals surface area contributed by atoms with Crippen molar-refractivity contribution in [3.8, 4) is 0 Å². The molecule has 0 atom stereocenters. The van der Waals surface area contributed by atoms with E-state index in [4.69, 9.17) is 19.9 Å². The molecule has 35 heavy (non-hydrogen) atoms. The average Bonchev–Trinajstić information content (AvgIpc) is 3.33. The van der Waals surface area contributed by atoms with Crippen LogP contribution in [0.3, 0.4) is 0 Å². The first-order valence-corrected chi connectivity index (χ1v) is 11.9. The van der Waals surface area contributed by atoms with Crippen LogP contribution in [-0.2, 0) is 34.4 Å². The number of nitrogens with two attached hydrogens (primary N) is 1. The van der Waals surface area contributed by atoms with Gasteiger partial charge in [0.05, 0.1) is 52.4 Å². The van der Waals surface area contributed by atoms with E-state index in [1.165, 1.54) is 11.1 Å². The lowest BCUT2D eigenvalue weighted by molar-refractivity contribution is -0.671. The van der Waals surface area contributed by atoms with E-state index in [2.05, 4.69) is 70.8 Å². The molecular weight excluding hydrogens is 444 g/mol. The van der Waals surface area contributed by atoms with Crippen LogP contribution in [0.1, 0.15) is 16.8 Å². The summed E-state index contributed by atoms with van der Waals surface area (Å²) in [6.45, 7) is 5.20. The number of nitrogens with zero attached hydrogens (tertiary/aromatic N) is 5. The molecule has 2 heterocycles. The highest BCUT2D eigenvalue weighted by Crippen LogP contribution is 2.15. The summed E-state index contributed by atoms with van der Waals surface area (Å²) in [6, 6.07) is 12.7. The second-order valence-electron chi connectivity index (χ2n) is 8.18. The van der Waals surface area contributed by atoms with Crippen molar-refractivity contribution in [1.29, 1.82) is 0 Å². The molecular formula is C26H37N6O3+. The number of hydrogen-bond acceptors (Lipinski definition) is 7. The van der Waals surface area contributed by atoms with Crippen LogP contribution in [0.5, 0.6) is 0 Å². The van der Waals surface area contributed by atoms with E-state index in [1.807, 2.05) is 30.2 Å². The Morgan fingerprint density at radius 1 is 0.914 bits per heavy atom. The van der Waals surface area contributed by atoms with Crippen LogP contribution in [0.15, 0.2) is 55.0 Å². The number of likely N-dealkylation sites (N-methyl/N-ethyl adjacent to an activating group) is 1. The van der Waals surface area contributed by atoms with Gasteiger partial charge in [-0.3, -0.25) is 0 Å². The highest BCUT2D eigenvalue weighted by Gasteiger charge is 2.04. The van der Waals surface area contributed by atoms with E-state index >= 15 is 0 Å². The number of pyridine rings is 1. The summed E-state index contributed by atoms with van der Waals surface area (Å²) in [6.07, 6.45) is 10.2. The van der Waals surface area contributed by atoms with Crippen molar-refractivity contribution in [3.63, 3.8) is 0 Å². The SMILES string of the molecule is CN(CCOCc1cn(CCOCCOCCN)nn1)c1ccc(/C=C/c2cc[n+](C)cc2)cc1. The van der Waals surface area contributed by atoms with Crippen LogP contribution in [0, 0.1) is 0 Å². The molecule has 0 aliphatic heterocycles. The fraction of sp³-hybridized carbons (Fsp3) is 0.423. The molecule has 1 aromatic carbocycles. The standard InChI is InChI=1S/C26H37N6O3/c1-30-12-9-24(10-13-30)4-3-23-5-7-26(8-6-23)31(2)14-17-35-22-25-21-32(29-28-25)15-18-34-20-19-33-16-11-27/h3-10,12-13,21H,11,14-20,22,27H2,1-2H3/q+1. The van der Waals surface area contributed by atoms with Crippen LogP contribution in [0.2, 0.25) is 0 Å². The molecule has 0 saturated carbocycles. The van der Waals surface area contributed by atoms with Gasteiger partial charge < -0.3 is 24.8 Å². The zero-order valence-electron chi connectivity index (χ0n) is 20.8. The molecule has 2 aromatic heterocycles. The molecule has 0 bridgehead atoms. The maximum atomic E-state index is 5.80. The number of benzene rings is 1. The van der Waals surface area contributed by atoms with Gasteiger partial charge in [-0.15, -0.1) is 5.10 Å². The first-order valence-electron chi connectivity index (χ1n) is 11.9. The molecule has 0 spiro atoms. The third-order valence-electron chi connectivity index (χ3n) is 5.31. The van der Waals surface area contributed by atoms with Crippen LogP contribution in [0.4, 0.5) is 5.69 Å². The van der Waals surface area contributed by atoms with Crippen LogP contribution in [-0.4, -0.2) is 68.2 Å². The van der Waals surface area contributed by atoms with Gasteiger partial charge in [0.1, 0.15) is 12.7 Å². The second kappa shape index (κ2) is 15.0. The predicted molar refractivity (Wildman–Crippen MR) is 137 cm³/mol. The van der Waals surface area contributed by atoms with E-state index in [9.17, 15) is 0 Å². The van der Waals surface area contributed by atoms with Crippen molar-refractivity contribution in [1.82, 2.24) is 15.0 Å². The van der Waals surface area contributed by atoms with E-state index in [1.54, 1.807) is 4.68 Å². The monoisotopic (exact) mass is 481 g/mol. The smallest absolute Gasteiger partial charge is 0.169 e. The van der Waals surface area contributed by atoms with Crippen LogP contribution in [0.25, 0.3) is 12.2 Å². The largest absolute Gasteiger partial charge is 0.378 e. The maximum Gasteiger partial charge on any atom is 0.169 e. The summed E-state index contributed by atoms with van der Waals surface area (Å²) in [7, 11) is 4.08. The lowest BCUT2D eigenvalue weighted by Crippen LogP contribution is -2.25. The maximum absolute atomic E-state index is 5.80. The lowest BCUT2D eigenvalue weighted by atomic mass is 10.1. The topological polar surface area (TPSA) is 91.5 Å². The Labute approximate surface area is 207 Å². The van der Waals surface area contributed by atoms with Crippen molar-refractivity contribution in [2.75, 3.05) is 58.1 Å². The molecule has 0 amide bonds. The highest BCUT2D eigenvalue weighted by molar-refractivity contribution is 5.70. The van der Waals surface area contributed by atoms with E-state index in [0.29, 0.717) is 52.7 Å². The van der Waals surface area contributed by atoms with Gasteiger partial charge in [-0.2, -0.15) is 0 Å². The van der Waals surface area contributed by atoms with Gasteiger partial charge in [-0.1, -0.05) is 29.5 Å². The van der Waals surface area contributed by atoms with Crippen molar-refractivity contribution < 1.29 is 18.8 Å². The molecule has 0 aliphatic rings. The van der Waals surface area contributed by atoms with Crippen molar-refractivity contribution in [2.45, 2.75) is 13.2 Å². The third-order valence-corrected chi connectivity index (χ3v) is 5.31. The Hall–Kier alpha value is -3.11. The zero-order chi connectivity index (χ0) is 24.7. The van der Waals surface area contributed by atoms with E-state index in [-0.39, 0.29) is 0 Å². The molecule has 188 valence electrons. The molecule has 0 unspecified atom stereocenters. The molecule has 2 N–H and O–H groups in total. The lowest BCUT2D eigenvalue weighted by Gasteiger charge is -2.19. The van der Waals surface area contributed by atoms with Gasteiger partial charge in [0.25, 0.3) is 0 Å². The van der Waals surface area contributed by atoms with Gasteiger partial charge in [0.2, 0.25) is 0 Å². The normalized spacial score (nSPS) is 11.4. The fourth-order valence-corrected chi connectivity index (χ4v) is 3.24. The minimum Gasteiger partial charge on any atom is -0.378 e. The Balaban J connectivity index is 1.31. The van der Waals surface area contributed by atoms with Gasteiger partial charge in [0, 0.05) is 38.0 Å². The Kier molecular flexibility index (Phi) is 11.4. The predicted octanol–water partition coefficient (Wildman–Crippen LogP) is 1.92. The molecule has 3 aromatic rings. The summed E-state index contributed by atoms with van der Waals surface area (Å²) in [5.41, 5.74) is 9.67. The Morgan fingerprint density at radius 3 is 2.31 bits per heavy atom. The minimum absolute atomic E-state index is 0.433. The summed E-state index contributed by atoms with van der Waals surface area (Å²) in [5.74, 6) is 0. The van der Waals surface area contributed by atoms with E-state index < -0.39 is 0 Å². The number of ether oxygens (including phenoxy) is 3. The van der Waals surface area contributed by atoms with Crippen molar-refractivity contribution in [3.05, 3.63) is 71.8 Å². The quantitative estimate of drug-likeness (QED) is 0.247. The van der Waals surface area contributed by atoms with Gasteiger partial charge in [-0.05, 0) is 23.3 Å². The highest BCUT2D eigenvalue weighted by atomic mass is 16.5. The first-order chi connectivity index (χ1) is 17.1. The summed E-state index contributed by atoms with van der Waals surface area (Å²) in [4.78, 5) is 2.18. The number of aromatic nitrogens is 4. The summed E-state index contributed by atoms with van der Waals surface area (Å²) >= 11 is 0. The average molecular weight is 482 g/mol. The zero-order valence-corrected chi connectivity index (χ0v) is 20.8. The van der Waals surface area contributed by atoms with E-state index in [0.717, 1.165) is 17.9 Å². The molecule has 0 aliphatic carbocycles. The Bertz CT molecular complexity index is 1000. The summed E-state index contributed by atoms with van der Waals surface area (Å²) < 4.78 is 20.4. The fourth-order valence-electron chi connectivity index (χ4n) is 3.24.